The van der Waals surface area contributed by atoms with E-state index in [1.807, 2.05) is 6.07 Å². The topological polar surface area (TPSA) is 69.3 Å². The molecule has 0 spiro atoms. The van der Waals surface area contributed by atoms with E-state index in [1.165, 1.54) is 17.5 Å². The van der Waals surface area contributed by atoms with E-state index in [1.54, 1.807) is 0 Å². The number of pyridine rings is 1. The maximum Gasteiger partial charge on any atom is 0.315 e. The molecule has 1 heterocycles. The number of fused-ring (bicyclic) bond motifs is 1. The fourth-order valence-electron chi connectivity index (χ4n) is 4.01. The molecule has 1 aromatic carbocycles. The second-order valence-electron chi connectivity index (χ2n) is 8.24. The van der Waals surface area contributed by atoms with Gasteiger partial charge in [-0.25, -0.2) is 9.78 Å². The molecule has 1 aliphatic rings. The van der Waals surface area contributed by atoms with E-state index in [4.69, 9.17) is 4.98 Å². The predicted octanol–water partition coefficient (Wildman–Crippen LogP) is 4.51. The molecule has 29 heavy (non-hydrogen) atoms. The molecule has 1 saturated carbocycles. The van der Waals surface area contributed by atoms with E-state index in [2.05, 4.69) is 66.1 Å². The number of nitrogens with zero attached hydrogens (tertiary/aromatic N) is 2. The fraction of sp³-hybridized carbons (Fsp3) is 0.565. The number of nitrogens with one attached hydrogen (secondary N) is 3. The van der Waals surface area contributed by atoms with Crippen molar-refractivity contribution in [3.8, 4) is 0 Å². The fourth-order valence-corrected chi connectivity index (χ4v) is 4.01. The molecule has 6 heteroatoms. The average Bonchev–Trinajstić information content (AvgIpc) is 2.72. The minimum absolute atomic E-state index is 0.0238. The van der Waals surface area contributed by atoms with Crippen LogP contribution in [-0.4, -0.2) is 43.7 Å². The van der Waals surface area contributed by atoms with Gasteiger partial charge in [0.15, 0.2) is 0 Å². The molecule has 6 nitrogen and oxygen atoms in total. The van der Waals surface area contributed by atoms with E-state index in [0.29, 0.717) is 6.04 Å². The Hall–Kier alpha value is -2.50. The minimum atomic E-state index is -0.0238. The van der Waals surface area contributed by atoms with Crippen LogP contribution in [0.3, 0.4) is 0 Å². The van der Waals surface area contributed by atoms with Crippen LogP contribution in [0, 0.1) is 0 Å². The van der Waals surface area contributed by atoms with Crippen molar-refractivity contribution < 1.29 is 4.79 Å². The summed E-state index contributed by atoms with van der Waals surface area (Å²) in [6.45, 7) is 2.93. The van der Waals surface area contributed by atoms with Gasteiger partial charge in [-0.05, 0) is 38.2 Å². The lowest BCUT2D eigenvalue weighted by atomic mass is 9.91. The molecule has 2 aromatic rings. The van der Waals surface area contributed by atoms with Gasteiger partial charge in [0.05, 0.1) is 5.52 Å². The molecule has 0 saturated heterocycles. The van der Waals surface area contributed by atoms with Gasteiger partial charge in [-0.3, -0.25) is 0 Å². The molecule has 0 atom stereocenters. The first-order valence-electron chi connectivity index (χ1n) is 10.9. The monoisotopic (exact) mass is 397 g/mol. The number of hydrogen-bond acceptors (Lipinski definition) is 4. The standard InChI is InChI=1S/C23H35N5O/c1-4-5-8-15-24-23(29)26-18-13-11-17(12-14-18)25-22-16-21(28(2)3)19-9-6-7-10-20(19)27-22/h6-7,9-10,16-18H,4-5,8,11-15H2,1-3H3,(H,25,27)(H2,24,26,29)/t17-,18+. The Bertz CT molecular complexity index is 799. The lowest BCUT2D eigenvalue weighted by Crippen LogP contribution is -2.45. The highest BCUT2D eigenvalue weighted by atomic mass is 16.2. The average molecular weight is 398 g/mol. The molecular formula is C23H35N5O. The number of unbranched alkanes of at least 4 members (excludes halogenated alkanes) is 2. The van der Waals surface area contributed by atoms with Crippen molar-refractivity contribution in [2.75, 3.05) is 30.9 Å². The number of carbonyl (C=O) groups is 1. The molecule has 0 radical (unpaired) electrons. The molecule has 1 fully saturated rings. The molecule has 0 unspecified atom stereocenters. The second-order valence-corrected chi connectivity index (χ2v) is 8.24. The van der Waals surface area contributed by atoms with Crippen LogP contribution >= 0.6 is 0 Å². The lowest BCUT2D eigenvalue weighted by molar-refractivity contribution is 0.231. The molecule has 3 N–H and O–H groups in total. The summed E-state index contributed by atoms with van der Waals surface area (Å²) in [6, 6.07) is 11.0. The first-order valence-corrected chi connectivity index (χ1v) is 10.9. The number of aromatic nitrogens is 1. The van der Waals surface area contributed by atoms with Crippen molar-refractivity contribution in [2.45, 2.75) is 64.0 Å². The van der Waals surface area contributed by atoms with E-state index in [0.717, 1.165) is 56.4 Å². The zero-order chi connectivity index (χ0) is 20.6. The smallest absolute Gasteiger partial charge is 0.315 e. The van der Waals surface area contributed by atoms with Gasteiger partial charge < -0.3 is 20.9 Å². The van der Waals surface area contributed by atoms with Crippen molar-refractivity contribution >= 4 is 28.4 Å². The van der Waals surface area contributed by atoms with Gasteiger partial charge in [-0.2, -0.15) is 0 Å². The van der Waals surface area contributed by atoms with Gasteiger partial charge in [0, 0.05) is 49.9 Å². The van der Waals surface area contributed by atoms with Gasteiger partial charge in [0.2, 0.25) is 0 Å². The van der Waals surface area contributed by atoms with Gasteiger partial charge in [0.25, 0.3) is 0 Å². The number of urea groups is 1. The van der Waals surface area contributed by atoms with Crippen molar-refractivity contribution in [3.05, 3.63) is 30.3 Å². The van der Waals surface area contributed by atoms with Crippen molar-refractivity contribution in [1.82, 2.24) is 15.6 Å². The van der Waals surface area contributed by atoms with Crippen LogP contribution in [0.4, 0.5) is 16.3 Å². The number of hydrogen-bond donors (Lipinski definition) is 3. The van der Waals surface area contributed by atoms with Crippen LogP contribution in [-0.2, 0) is 0 Å². The SMILES string of the molecule is CCCCCNC(=O)N[C@H]1CC[C@@H](Nc2cc(N(C)C)c3ccccc3n2)CC1. The highest BCUT2D eigenvalue weighted by Gasteiger charge is 2.23. The second kappa shape index (κ2) is 10.3. The summed E-state index contributed by atoms with van der Waals surface area (Å²) < 4.78 is 0. The molecule has 158 valence electrons. The number of rotatable bonds is 8. The quantitative estimate of drug-likeness (QED) is 0.573. The van der Waals surface area contributed by atoms with E-state index >= 15 is 0 Å². The summed E-state index contributed by atoms with van der Waals surface area (Å²) in [5, 5.41) is 10.9. The first kappa shape index (κ1) is 21.2. The third kappa shape index (κ3) is 5.99. The molecule has 3 rings (SSSR count). The van der Waals surface area contributed by atoms with Gasteiger partial charge >= 0.3 is 6.03 Å². The predicted molar refractivity (Wildman–Crippen MR) is 122 cm³/mol. The Kier molecular flexibility index (Phi) is 7.55. The maximum absolute atomic E-state index is 12.0. The van der Waals surface area contributed by atoms with Gasteiger partial charge in [-0.15, -0.1) is 0 Å². The van der Waals surface area contributed by atoms with E-state index in [-0.39, 0.29) is 12.1 Å². The zero-order valence-electron chi connectivity index (χ0n) is 18.0. The number of para-hydroxylation sites is 1. The summed E-state index contributed by atoms with van der Waals surface area (Å²) in [4.78, 5) is 19.0. The van der Waals surface area contributed by atoms with Crippen molar-refractivity contribution in [3.63, 3.8) is 0 Å². The Morgan fingerprint density at radius 1 is 1.10 bits per heavy atom. The molecule has 1 aliphatic carbocycles. The summed E-state index contributed by atoms with van der Waals surface area (Å²) in [6.07, 6.45) is 7.44. The first-order chi connectivity index (χ1) is 14.1. The van der Waals surface area contributed by atoms with Gasteiger partial charge in [-0.1, -0.05) is 38.0 Å². The van der Waals surface area contributed by atoms with Crippen LogP contribution in [0.5, 0.6) is 0 Å². The summed E-state index contributed by atoms with van der Waals surface area (Å²) in [5.41, 5.74) is 2.18. The normalized spacial score (nSPS) is 19.0. The number of anilines is 2. The molecule has 1 aromatic heterocycles. The highest BCUT2D eigenvalue weighted by molar-refractivity contribution is 5.93. The Labute approximate surface area is 174 Å². The third-order valence-corrected chi connectivity index (χ3v) is 5.66. The molecule has 0 aliphatic heterocycles. The Morgan fingerprint density at radius 2 is 1.83 bits per heavy atom. The summed E-state index contributed by atoms with van der Waals surface area (Å²) in [5.74, 6) is 0.928. The van der Waals surface area contributed by atoms with Gasteiger partial charge in [0.1, 0.15) is 5.82 Å². The Morgan fingerprint density at radius 3 is 2.55 bits per heavy atom. The van der Waals surface area contributed by atoms with Crippen LogP contribution < -0.4 is 20.9 Å². The minimum Gasteiger partial charge on any atom is -0.377 e. The van der Waals surface area contributed by atoms with E-state index < -0.39 is 0 Å². The maximum atomic E-state index is 12.0. The molecule has 0 bridgehead atoms. The lowest BCUT2D eigenvalue weighted by Gasteiger charge is -2.30. The van der Waals surface area contributed by atoms with E-state index in [9.17, 15) is 4.79 Å². The van der Waals surface area contributed by atoms with Crippen LogP contribution in [0.1, 0.15) is 51.9 Å². The van der Waals surface area contributed by atoms with Crippen molar-refractivity contribution in [2.24, 2.45) is 0 Å². The number of carbonyl (C=O) groups excluding carboxylic acids is 1. The third-order valence-electron chi connectivity index (χ3n) is 5.66. The number of amides is 2. The summed E-state index contributed by atoms with van der Waals surface area (Å²) >= 11 is 0. The van der Waals surface area contributed by atoms with Crippen LogP contribution in [0.25, 0.3) is 10.9 Å². The van der Waals surface area contributed by atoms with Crippen LogP contribution in [0.2, 0.25) is 0 Å². The largest absolute Gasteiger partial charge is 0.377 e. The number of benzene rings is 1. The molecule has 2 amide bonds. The zero-order valence-corrected chi connectivity index (χ0v) is 18.0. The summed E-state index contributed by atoms with van der Waals surface area (Å²) in [7, 11) is 4.13. The highest BCUT2D eigenvalue weighted by Crippen LogP contribution is 2.29. The van der Waals surface area contributed by atoms with Crippen LogP contribution in [0.15, 0.2) is 30.3 Å². The Balaban J connectivity index is 1.51. The molecular weight excluding hydrogens is 362 g/mol. The van der Waals surface area contributed by atoms with Crippen molar-refractivity contribution in [1.29, 1.82) is 0 Å².